The number of fused-ring (bicyclic) bond motifs is 2. The third-order valence-electron chi connectivity index (χ3n) is 5.35. The summed E-state index contributed by atoms with van der Waals surface area (Å²) in [6, 6.07) is 11.4. The summed E-state index contributed by atoms with van der Waals surface area (Å²) in [4.78, 5) is 29.3. The quantitative estimate of drug-likeness (QED) is 0.601. The van der Waals surface area contributed by atoms with E-state index in [1.165, 1.54) is 4.57 Å². The number of rotatable bonds is 2. The molecule has 5 rings (SSSR count). The van der Waals surface area contributed by atoms with Gasteiger partial charge in [0, 0.05) is 18.9 Å². The van der Waals surface area contributed by atoms with E-state index in [1.54, 1.807) is 37.4 Å². The lowest BCUT2D eigenvalue weighted by molar-refractivity contribution is 0.174. The lowest BCUT2D eigenvalue weighted by atomic mass is 9.96. The van der Waals surface area contributed by atoms with Gasteiger partial charge < -0.3 is 19.1 Å². The number of aliphatic imine (C=N–C) groups is 1. The molecule has 0 saturated carbocycles. The van der Waals surface area contributed by atoms with Crippen LogP contribution in [0.5, 0.6) is 17.2 Å². The second-order valence-electron chi connectivity index (χ2n) is 7.11. The molecule has 0 bridgehead atoms. The van der Waals surface area contributed by atoms with E-state index in [0.717, 1.165) is 5.56 Å². The Morgan fingerprint density at radius 2 is 1.93 bits per heavy atom. The topological polar surface area (TPSA) is 114 Å². The zero-order chi connectivity index (χ0) is 20.8. The summed E-state index contributed by atoms with van der Waals surface area (Å²) >= 11 is 0. The molecule has 2 aromatic carbocycles. The van der Waals surface area contributed by atoms with Crippen molar-refractivity contribution in [2.24, 2.45) is 12.0 Å². The standard InChI is InChI=1S/C21H18N4O5/c1-25-15-5-3-2-4-12(15)19(26)18(20(25)27)14-9-13(23-24-21(28)22-14)11-6-7-16-17(8-11)30-10-29-16/h2-8,13,23,26H,9-10H2,1H3,(H,24,28)/t13-/m0/s1. The first-order valence-electron chi connectivity index (χ1n) is 9.36. The Balaban J connectivity index is 1.61. The number of benzene rings is 2. The molecule has 9 nitrogen and oxygen atoms in total. The fourth-order valence-corrected chi connectivity index (χ4v) is 3.82. The number of aromatic nitrogens is 1. The number of amides is 2. The predicted octanol–water partition coefficient (Wildman–Crippen LogP) is 2.12. The summed E-state index contributed by atoms with van der Waals surface area (Å²) in [7, 11) is 1.62. The van der Waals surface area contributed by atoms with Crippen LogP contribution in [0, 0.1) is 0 Å². The van der Waals surface area contributed by atoms with Crippen LogP contribution in [0.2, 0.25) is 0 Å². The Labute approximate surface area is 170 Å². The summed E-state index contributed by atoms with van der Waals surface area (Å²) in [5.41, 5.74) is 6.63. The van der Waals surface area contributed by atoms with Crippen LogP contribution in [-0.2, 0) is 7.05 Å². The van der Waals surface area contributed by atoms with E-state index < -0.39 is 17.6 Å². The van der Waals surface area contributed by atoms with Gasteiger partial charge in [-0.15, -0.1) is 0 Å². The molecule has 30 heavy (non-hydrogen) atoms. The van der Waals surface area contributed by atoms with Gasteiger partial charge in [0.05, 0.1) is 17.3 Å². The number of hydrogen-bond donors (Lipinski definition) is 3. The summed E-state index contributed by atoms with van der Waals surface area (Å²) < 4.78 is 12.2. The van der Waals surface area contributed by atoms with Crippen molar-refractivity contribution in [2.45, 2.75) is 12.5 Å². The number of carbonyl (C=O) groups is 1. The molecule has 9 heteroatoms. The van der Waals surface area contributed by atoms with E-state index in [9.17, 15) is 14.7 Å². The lowest BCUT2D eigenvalue weighted by Gasteiger charge is -2.18. The first kappa shape index (κ1) is 18.2. The predicted molar refractivity (Wildman–Crippen MR) is 109 cm³/mol. The molecule has 2 aliphatic rings. The Hall–Kier alpha value is -3.85. The average molecular weight is 406 g/mol. The first-order chi connectivity index (χ1) is 14.5. The van der Waals surface area contributed by atoms with Crippen molar-refractivity contribution in [2.75, 3.05) is 6.79 Å². The van der Waals surface area contributed by atoms with E-state index >= 15 is 0 Å². The van der Waals surface area contributed by atoms with Gasteiger partial charge in [-0.2, -0.15) is 4.99 Å². The lowest BCUT2D eigenvalue weighted by Crippen LogP contribution is -2.36. The maximum atomic E-state index is 13.1. The Bertz CT molecular complexity index is 1280. The minimum absolute atomic E-state index is 0.0146. The molecule has 0 unspecified atom stereocenters. The van der Waals surface area contributed by atoms with Crippen LogP contribution in [0.4, 0.5) is 4.79 Å². The summed E-state index contributed by atoms with van der Waals surface area (Å²) in [5, 5.41) is 11.4. The zero-order valence-electron chi connectivity index (χ0n) is 16.0. The van der Waals surface area contributed by atoms with E-state index in [0.29, 0.717) is 22.4 Å². The van der Waals surface area contributed by atoms with Crippen LogP contribution >= 0.6 is 0 Å². The van der Waals surface area contributed by atoms with Crippen LogP contribution in [0.1, 0.15) is 23.6 Å². The molecule has 152 valence electrons. The fraction of sp³-hybridized carbons (Fsp3) is 0.190. The highest BCUT2D eigenvalue weighted by Crippen LogP contribution is 2.36. The smallest absolute Gasteiger partial charge is 0.355 e. The summed E-state index contributed by atoms with van der Waals surface area (Å²) in [5.74, 6) is 1.06. The minimum Gasteiger partial charge on any atom is -0.506 e. The van der Waals surface area contributed by atoms with Gasteiger partial charge in [0.2, 0.25) is 6.79 Å². The molecule has 3 aromatic rings. The second-order valence-corrected chi connectivity index (χ2v) is 7.11. The number of nitrogens with zero attached hydrogens (tertiary/aromatic N) is 2. The molecule has 1 aromatic heterocycles. The molecular formula is C21H18N4O5. The maximum absolute atomic E-state index is 13.1. The monoisotopic (exact) mass is 406 g/mol. The molecule has 0 spiro atoms. The van der Waals surface area contributed by atoms with Crippen molar-refractivity contribution in [3.05, 3.63) is 63.9 Å². The van der Waals surface area contributed by atoms with Gasteiger partial charge in [-0.1, -0.05) is 18.2 Å². The normalized spacial score (nSPS) is 18.1. The number of hydrazine groups is 1. The molecule has 0 fully saturated rings. The zero-order valence-corrected chi connectivity index (χ0v) is 16.0. The van der Waals surface area contributed by atoms with Crippen molar-refractivity contribution in [3.8, 4) is 17.2 Å². The molecule has 2 amide bonds. The molecule has 1 atom stereocenters. The van der Waals surface area contributed by atoms with Gasteiger partial charge in [0.15, 0.2) is 11.5 Å². The average Bonchev–Trinajstić information content (AvgIpc) is 3.14. The Kier molecular flexibility index (Phi) is 4.18. The van der Waals surface area contributed by atoms with Crippen LogP contribution in [-0.4, -0.2) is 28.2 Å². The highest BCUT2D eigenvalue weighted by Gasteiger charge is 2.27. The largest absolute Gasteiger partial charge is 0.506 e. The fourth-order valence-electron chi connectivity index (χ4n) is 3.82. The number of carbonyl (C=O) groups excluding carboxylic acids is 1. The molecular weight excluding hydrogens is 388 g/mol. The number of para-hydroxylation sites is 1. The number of aromatic hydroxyl groups is 1. The molecule has 3 N–H and O–H groups in total. The van der Waals surface area contributed by atoms with Crippen molar-refractivity contribution in [3.63, 3.8) is 0 Å². The number of hydrogen-bond acceptors (Lipinski definition) is 6. The van der Waals surface area contributed by atoms with E-state index in [1.807, 2.05) is 12.1 Å². The van der Waals surface area contributed by atoms with Gasteiger partial charge in [-0.3, -0.25) is 10.2 Å². The molecule has 0 aliphatic carbocycles. The van der Waals surface area contributed by atoms with Gasteiger partial charge >= 0.3 is 6.03 Å². The minimum atomic E-state index is -0.650. The summed E-state index contributed by atoms with van der Waals surface area (Å²) in [6.45, 7) is 0.154. The van der Waals surface area contributed by atoms with Gasteiger partial charge in [0.25, 0.3) is 5.56 Å². The molecule has 0 radical (unpaired) electrons. The first-order valence-corrected chi connectivity index (χ1v) is 9.36. The number of pyridine rings is 1. The van der Waals surface area contributed by atoms with Crippen LogP contribution in [0.3, 0.4) is 0 Å². The molecule has 3 heterocycles. The number of ether oxygens (including phenoxy) is 2. The van der Waals surface area contributed by atoms with Crippen LogP contribution in [0.25, 0.3) is 10.9 Å². The van der Waals surface area contributed by atoms with Gasteiger partial charge in [-0.05, 0) is 29.8 Å². The highest BCUT2D eigenvalue weighted by atomic mass is 16.7. The molecule has 2 aliphatic heterocycles. The third-order valence-corrected chi connectivity index (χ3v) is 5.35. The van der Waals surface area contributed by atoms with Gasteiger partial charge in [-0.25, -0.2) is 10.2 Å². The van der Waals surface area contributed by atoms with Gasteiger partial charge in [0.1, 0.15) is 11.3 Å². The summed E-state index contributed by atoms with van der Waals surface area (Å²) in [6.07, 6.45) is 0.194. The van der Waals surface area contributed by atoms with Crippen LogP contribution < -0.4 is 25.9 Å². The van der Waals surface area contributed by atoms with Crippen molar-refractivity contribution in [1.29, 1.82) is 0 Å². The van der Waals surface area contributed by atoms with Crippen molar-refractivity contribution >= 4 is 22.6 Å². The SMILES string of the molecule is Cn1c(=O)c(C2=NC(=O)NN[C@H](c3ccc4c(c3)OCO4)C2)c(O)c2ccccc21. The Morgan fingerprint density at radius 1 is 1.13 bits per heavy atom. The number of urea groups is 1. The molecule has 0 saturated heterocycles. The van der Waals surface area contributed by atoms with Crippen molar-refractivity contribution < 1.29 is 19.4 Å². The number of nitrogens with one attached hydrogen (secondary N) is 2. The second kappa shape index (κ2) is 6.89. The van der Waals surface area contributed by atoms with E-state index in [4.69, 9.17) is 9.47 Å². The van der Waals surface area contributed by atoms with E-state index in [2.05, 4.69) is 15.8 Å². The number of aryl methyl sites for hydroxylation is 1. The van der Waals surface area contributed by atoms with Crippen LogP contribution in [0.15, 0.2) is 52.3 Å². The van der Waals surface area contributed by atoms with E-state index in [-0.39, 0.29) is 30.2 Å². The highest BCUT2D eigenvalue weighted by molar-refractivity contribution is 6.11. The maximum Gasteiger partial charge on any atom is 0.355 e. The Morgan fingerprint density at radius 3 is 2.80 bits per heavy atom. The van der Waals surface area contributed by atoms with Crippen molar-refractivity contribution in [1.82, 2.24) is 15.4 Å². The third kappa shape index (κ3) is 2.87.